The van der Waals surface area contributed by atoms with E-state index in [9.17, 15) is 9.59 Å². The molecule has 1 N–H and O–H groups in total. The van der Waals surface area contributed by atoms with Gasteiger partial charge in [0.05, 0.1) is 18.8 Å². The number of esters is 1. The summed E-state index contributed by atoms with van der Waals surface area (Å²) in [6, 6.07) is 13.0. The van der Waals surface area contributed by atoms with Crippen LogP contribution in [0.15, 0.2) is 42.5 Å². The van der Waals surface area contributed by atoms with E-state index < -0.39 is 0 Å². The summed E-state index contributed by atoms with van der Waals surface area (Å²) in [5.41, 5.74) is 2.97. The van der Waals surface area contributed by atoms with Crippen LogP contribution >= 0.6 is 0 Å². The van der Waals surface area contributed by atoms with Gasteiger partial charge in [0, 0.05) is 12.1 Å². The monoisotopic (exact) mass is 355 g/mol. The molecule has 2 aromatic carbocycles. The Balaban J connectivity index is 1.83. The van der Waals surface area contributed by atoms with Crippen LogP contribution < -0.4 is 10.1 Å². The molecular weight excluding hydrogens is 330 g/mol. The van der Waals surface area contributed by atoms with Crippen molar-refractivity contribution in [1.82, 2.24) is 0 Å². The van der Waals surface area contributed by atoms with Crippen LogP contribution in [0.25, 0.3) is 0 Å². The summed E-state index contributed by atoms with van der Waals surface area (Å²) in [6.45, 7) is 6.36. The first-order valence-corrected chi connectivity index (χ1v) is 8.77. The van der Waals surface area contributed by atoms with Crippen molar-refractivity contribution in [3.8, 4) is 5.75 Å². The zero-order valence-corrected chi connectivity index (χ0v) is 15.5. The maximum atomic E-state index is 12.1. The van der Waals surface area contributed by atoms with Gasteiger partial charge in [-0.3, -0.25) is 4.79 Å². The molecule has 5 nitrogen and oxygen atoms in total. The Kier molecular flexibility index (Phi) is 7.21. The number of rotatable bonds is 8. The van der Waals surface area contributed by atoms with E-state index in [-0.39, 0.29) is 11.9 Å². The van der Waals surface area contributed by atoms with E-state index in [4.69, 9.17) is 9.47 Å². The van der Waals surface area contributed by atoms with E-state index in [1.807, 2.05) is 31.2 Å². The van der Waals surface area contributed by atoms with E-state index in [0.29, 0.717) is 42.9 Å². The van der Waals surface area contributed by atoms with Gasteiger partial charge in [0.25, 0.3) is 0 Å². The van der Waals surface area contributed by atoms with Gasteiger partial charge in [-0.1, -0.05) is 23.8 Å². The molecule has 1 amide bonds. The molecule has 2 rings (SSSR count). The molecule has 0 heterocycles. The number of carbonyl (C=O) groups is 2. The first-order valence-electron chi connectivity index (χ1n) is 8.77. The van der Waals surface area contributed by atoms with Gasteiger partial charge in [0.2, 0.25) is 5.91 Å². The van der Waals surface area contributed by atoms with Gasteiger partial charge in [-0.25, -0.2) is 4.79 Å². The lowest BCUT2D eigenvalue weighted by atomic mass is 10.1. The molecule has 2 aromatic rings. The van der Waals surface area contributed by atoms with Crippen molar-refractivity contribution in [2.75, 3.05) is 18.5 Å². The number of hydrogen-bond donors (Lipinski definition) is 1. The highest BCUT2D eigenvalue weighted by Gasteiger charge is 2.13. The standard InChI is InChI=1S/C21H25NO4/c1-4-25-21(24)18-7-5-8-19(16(18)3)22-20(23)9-6-14-26-17-12-10-15(2)11-13-17/h5,7-8,10-13H,4,6,9,14H2,1-3H3,(H,22,23). The van der Waals surface area contributed by atoms with Crippen LogP contribution in [-0.2, 0) is 9.53 Å². The fourth-order valence-electron chi connectivity index (χ4n) is 2.47. The summed E-state index contributed by atoms with van der Waals surface area (Å²) >= 11 is 0. The molecular formula is C21H25NO4. The highest BCUT2D eigenvalue weighted by Crippen LogP contribution is 2.20. The van der Waals surface area contributed by atoms with Crippen LogP contribution in [-0.4, -0.2) is 25.1 Å². The predicted molar refractivity (Wildman–Crippen MR) is 102 cm³/mol. The largest absolute Gasteiger partial charge is 0.494 e. The molecule has 0 radical (unpaired) electrons. The summed E-state index contributed by atoms with van der Waals surface area (Å²) in [7, 11) is 0. The smallest absolute Gasteiger partial charge is 0.338 e. The fourth-order valence-corrected chi connectivity index (χ4v) is 2.47. The van der Waals surface area contributed by atoms with Crippen molar-refractivity contribution in [3.63, 3.8) is 0 Å². The lowest BCUT2D eigenvalue weighted by Gasteiger charge is -2.12. The topological polar surface area (TPSA) is 64.6 Å². The molecule has 0 aliphatic rings. The first-order chi connectivity index (χ1) is 12.5. The zero-order chi connectivity index (χ0) is 18.9. The molecule has 138 valence electrons. The Hall–Kier alpha value is -2.82. The number of anilines is 1. The van der Waals surface area contributed by atoms with Crippen molar-refractivity contribution in [3.05, 3.63) is 59.2 Å². The molecule has 0 aliphatic heterocycles. The minimum Gasteiger partial charge on any atom is -0.494 e. The summed E-state index contributed by atoms with van der Waals surface area (Å²) < 4.78 is 10.7. The predicted octanol–water partition coefficient (Wildman–Crippen LogP) is 4.28. The Morgan fingerprint density at radius 2 is 1.77 bits per heavy atom. The third kappa shape index (κ3) is 5.62. The van der Waals surface area contributed by atoms with Crippen LogP contribution in [0.2, 0.25) is 0 Å². The van der Waals surface area contributed by atoms with Gasteiger partial charge in [-0.2, -0.15) is 0 Å². The molecule has 5 heteroatoms. The second-order valence-corrected chi connectivity index (χ2v) is 6.01. The number of nitrogens with one attached hydrogen (secondary N) is 1. The van der Waals surface area contributed by atoms with E-state index in [1.165, 1.54) is 5.56 Å². The summed E-state index contributed by atoms with van der Waals surface area (Å²) in [5, 5.41) is 2.85. The Bertz CT molecular complexity index is 753. The summed E-state index contributed by atoms with van der Waals surface area (Å²) in [4.78, 5) is 24.1. The van der Waals surface area contributed by atoms with Gasteiger partial charge >= 0.3 is 5.97 Å². The normalized spacial score (nSPS) is 10.3. The maximum absolute atomic E-state index is 12.1. The van der Waals surface area contributed by atoms with Gasteiger partial charge in [0.15, 0.2) is 0 Å². The maximum Gasteiger partial charge on any atom is 0.338 e. The Labute approximate surface area is 154 Å². The second kappa shape index (κ2) is 9.61. The average Bonchev–Trinajstić information content (AvgIpc) is 2.62. The molecule has 0 aromatic heterocycles. The quantitative estimate of drug-likeness (QED) is 0.567. The lowest BCUT2D eigenvalue weighted by Crippen LogP contribution is -2.15. The molecule has 0 bridgehead atoms. The SMILES string of the molecule is CCOC(=O)c1cccc(NC(=O)CCCOc2ccc(C)cc2)c1C. The molecule has 0 aliphatic carbocycles. The van der Waals surface area contributed by atoms with E-state index >= 15 is 0 Å². The zero-order valence-electron chi connectivity index (χ0n) is 15.5. The summed E-state index contributed by atoms with van der Waals surface area (Å²) in [6.07, 6.45) is 0.950. The molecule has 0 spiro atoms. The molecule has 0 unspecified atom stereocenters. The number of hydrogen-bond acceptors (Lipinski definition) is 4. The highest BCUT2D eigenvalue weighted by molar-refractivity contribution is 5.96. The van der Waals surface area contributed by atoms with Gasteiger partial charge in [0.1, 0.15) is 5.75 Å². The number of carbonyl (C=O) groups excluding carboxylic acids is 2. The number of ether oxygens (including phenoxy) is 2. The van der Waals surface area contributed by atoms with Crippen LogP contribution in [0, 0.1) is 13.8 Å². The van der Waals surface area contributed by atoms with Crippen molar-refractivity contribution in [2.45, 2.75) is 33.6 Å². The van der Waals surface area contributed by atoms with Gasteiger partial charge < -0.3 is 14.8 Å². The van der Waals surface area contributed by atoms with Crippen LogP contribution in [0.5, 0.6) is 5.75 Å². The fraction of sp³-hybridized carbons (Fsp3) is 0.333. The van der Waals surface area contributed by atoms with E-state index in [2.05, 4.69) is 5.32 Å². The minimum absolute atomic E-state index is 0.110. The highest BCUT2D eigenvalue weighted by atomic mass is 16.5. The molecule has 0 saturated carbocycles. The van der Waals surface area contributed by atoms with Gasteiger partial charge in [-0.15, -0.1) is 0 Å². The van der Waals surface area contributed by atoms with Crippen molar-refractivity contribution < 1.29 is 19.1 Å². The average molecular weight is 355 g/mol. The van der Waals surface area contributed by atoms with E-state index in [1.54, 1.807) is 32.0 Å². The third-order valence-corrected chi connectivity index (χ3v) is 3.94. The van der Waals surface area contributed by atoms with Crippen LogP contribution in [0.3, 0.4) is 0 Å². The molecule has 26 heavy (non-hydrogen) atoms. The molecule has 0 saturated heterocycles. The van der Waals surface area contributed by atoms with Crippen molar-refractivity contribution >= 4 is 17.6 Å². The number of amides is 1. The first kappa shape index (κ1) is 19.5. The third-order valence-electron chi connectivity index (χ3n) is 3.94. The van der Waals surface area contributed by atoms with Crippen LogP contribution in [0.1, 0.15) is 41.3 Å². The minimum atomic E-state index is -0.382. The second-order valence-electron chi connectivity index (χ2n) is 6.01. The Morgan fingerprint density at radius 3 is 2.46 bits per heavy atom. The number of aryl methyl sites for hydroxylation is 1. The van der Waals surface area contributed by atoms with E-state index in [0.717, 1.165) is 5.75 Å². The lowest BCUT2D eigenvalue weighted by molar-refractivity contribution is -0.116. The summed E-state index contributed by atoms with van der Waals surface area (Å²) in [5.74, 6) is 0.309. The number of benzene rings is 2. The van der Waals surface area contributed by atoms with Crippen molar-refractivity contribution in [1.29, 1.82) is 0 Å². The van der Waals surface area contributed by atoms with Crippen molar-refractivity contribution in [2.24, 2.45) is 0 Å². The molecule has 0 fully saturated rings. The molecule has 0 atom stereocenters. The van der Waals surface area contributed by atoms with Crippen LogP contribution in [0.4, 0.5) is 5.69 Å². The van der Waals surface area contributed by atoms with Gasteiger partial charge in [-0.05, 0) is 57.0 Å². The Morgan fingerprint density at radius 1 is 1.04 bits per heavy atom.